The van der Waals surface area contributed by atoms with Crippen molar-refractivity contribution in [1.82, 2.24) is 0 Å². The zero-order chi connectivity index (χ0) is 38.7. The summed E-state index contributed by atoms with van der Waals surface area (Å²) >= 11 is 0. The minimum absolute atomic E-state index is 0.603. The van der Waals surface area contributed by atoms with Crippen molar-refractivity contribution in [1.29, 1.82) is 0 Å². The molecule has 0 saturated carbocycles. The highest BCUT2D eigenvalue weighted by Gasteiger charge is 2.53. The maximum absolute atomic E-state index is 6.88. The number of hydrogen-bond donors (Lipinski definition) is 0. The summed E-state index contributed by atoms with van der Waals surface area (Å²) in [6.45, 7) is 0. The summed E-state index contributed by atoms with van der Waals surface area (Å²) in [5, 5.41) is 7.12. The first-order valence-corrected chi connectivity index (χ1v) is 20.4. The summed E-state index contributed by atoms with van der Waals surface area (Å²) in [4.78, 5) is 2.49. The molecule has 2 heteroatoms. The lowest BCUT2D eigenvalue weighted by molar-refractivity contribution is 0.669. The first kappa shape index (κ1) is 32.4. The summed E-state index contributed by atoms with van der Waals surface area (Å²) in [5.74, 6) is 0. The maximum Gasteiger partial charge on any atom is 0.143 e. The van der Waals surface area contributed by atoms with Crippen LogP contribution in [0, 0.1) is 0 Å². The van der Waals surface area contributed by atoms with Crippen molar-refractivity contribution < 1.29 is 4.42 Å². The van der Waals surface area contributed by atoms with Crippen LogP contribution in [0.25, 0.3) is 76.9 Å². The normalized spacial score (nSPS) is 14.8. The second kappa shape index (κ2) is 12.2. The van der Waals surface area contributed by atoms with Gasteiger partial charge in [0.15, 0.2) is 0 Å². The lowest BCUT2D eigenvalue weighted by Crippen LogP contribution is -2.26. The summed E-state index contributed by atoms with van der Waals surface area (Å²) in [7, 11) is 0. The first-order chi connectivity index (χ1) is 29.3. The van der Waals surface area contributed by atoms with Gasteiger partial charge in [-0.05, 0) is 97.2 Å². The highest BCUT2D eigenvalue weighted by molar-refractivity contribution is 6.13. The van der Waals surface area contributed by atoms with Gasteiger partial charge < -0.3 is 9.32 Å². The average molecular weight is 750 g/mol. The van der Waals surface area contributed by atoms with Gasteiger partial charge in [0.25, 0.3) is 0 Å². The summed E-state index contributed by atoms with van der Waals surface area (Å²) < 4.78 is 6.88. The van der Waals surface area contributed by atoms with Gasteiger partial charge >= 0.3 is 0 Å². The minimum atomic E-state index is -0.603. The molecule has 2 nitrogen and oxygen atoms in total. The molecule has 0 bridgehead atoms. The maximum atomic E-state index is 6.88. The number of furan rings is 1. The van der Waals surface area contributed by atoms with Gasteiger partial charge in [0.1, 0.15) is 11.2 Å². The number of fused-ring (bicyclic) bond motifs is 16. The van der Waals surface area contributed by atoms with Crippen LogP contribution < -0.4 is 4.90 Å². The molecule has 1 atom stereocenters. The quantitative estimate of drug-likeness (QED) is 0.178. The minimum Gasteiger partial charge on any atom is -0.455 e. The van der Waals surface area contributed by atoms with Crippen molar-refractivity contribution in [2.45, 2.75) is 5.41 Å². The molecule has 0 radical (unpaired) electrons. The van der Waals surface area contributed by atoms with Crippen molar-refractivity contribution in [3.63, 3.8) is 0 Å². The number of para-hydroxylation sites is 1. The lowest BCUT2D eigenvalue weighted by atomic mass is 9.70. The van der Waals surface area contributed by atoms with Gasteiger partial charge in [0.05, 0.1) is 16.8 Å². The summed E-state index contributed by atoms with van der Waals surface area (Å²) in [5.41, 5.74) is 17.1. The molecule has 0 amide bonds. The van der Waals surface area contributed by atoms with Crippen molar-refractivity contribution in [2.24, 2.45) is 0 Å². The van der Waals surface area contributed by atoms with Gasteiger partial charge in [-0.25, -0.2) is 0 Å². The van der Waals surface area contributed by atoms with E-state index in [9.17, 15) is 0 Å². The third-order valence-corrected chi connectivity index (χ3v) is 13.1. The van der Waals surface area contributed by atoms with E-state index in [1.807, 2.05) is 0 Å². The van der Waals surface area contributed by atoms with E-state index in [1.54, 1.807) is 0 Å². The molecule has 1 unspecified atom stereocenters. The lowest BCUT2D eigenvalue weighted by Gasteiger charge is -2.33. The van der Waals surface area contributed by atoms with E-state index in [1.165, 1.54) is 77.2 Å². The van der Waals surface area contributed by atoms with Crippen LogP contribution >= 0.6 is 0 Å². The van der Waals surface area contributed by atoms with Crippen LogP contribution in [0.5, 0.6) is 0 Å². The van der Waals surface area contributed by atoms with Gasteiger partial charge in [-0.2, -0.15) is 0 Å². The molecule has 1 heterocycles. The van der Waals surface area contributed by atoms with Gasteiger partial charge in [0, 0.05) is 32.8 Å². The first-order valence-electron chi connectivity index (χ1n) is 20.4. The van der Waals surface area contributed by atoms with Crippen LogP contribution in [-0.2, 0) is 5.41 Å². The fraction of sp³-hybridized carbons (Fsp3) is 0.0175. The number of nitrogens with zero attached hydrogens (tertiary/aromatic N) is 1. The van der Waals surface area contributed by atoms with Crippen LogP contribution in [0.15, 0.2) is 217 Å². The van der Waals surface area contributed by atoms with Crippen molar-refractivity contribution in [3.05, 3.63) is 235 Å². The fourth-order valence-corrected chi connectivity index (χ4v) is 10.6. The number of hydrogen-bond acceptors (Lipinski definition) is 2. The monoisotopic (exact) mass is 749 g/mol. The SMILES string of the molecule is c1ccc(-c2ccc3c(c2)C2(c4cc(N(c5cccc6ccccc56)c5cccc6ccccc56)ccc4-3)c3ccccc3-c3c2ccc2c3oc3ccccc32)cc1. The molecule has 13 rings (SSSR count). The molecule has 1 aromatic heterocycles. The molecular weight excluding hydrogens is 715 g/mol. The molecular formula is C57H35NO. The van der Waals surface area contributed by atoms with E-state index in [0.29, 0.717) is 0 Å². The molecule has 2 aliphatic carbocycles. The molecule has 10 aromatic carbocycles. The summed E-state index contributed by atoms with van der Waals surface area (Å²) in [6, 6.07) is 78.1. The van der Waals surface area contributed by atoms with Gasteiger partial charge in [-0.3, -0.25) is 0 Å². The van der Waals surface area contributed by atoms with Gasteiger partial charge in [-0.1, -0.05) is 176 Å². The van der Waals surface area contributed by atoms with Crippen LogP contribution in [0.4, 0.5) is 17.1 Å². The second-order valence-corrected chi connectivity index (χ2v) is 15.9. The molecule has 2 aliphatic rings. The Bertz CT molecular complexity index is 3430. The highest BCUT2D eigenvalue weighted by Crippen LogP contribution is 2.65. The average Bonchev–Trinajstić information content (AvgIpc) is 3.93. The Morgan fingerprint density at radius 3 is 1.73 bits per heavy atom. The van der Waals surface area contributed by atoms with Crippen molar-refractivity contribution in [2.75, 3.05) is 4.90 Å². The number of anilines is 3. The molecule has 274 valence electrons. The predicted octanol–water partition coefficient (Wildman–Crippen LogP) is 15.4. The Morgan fingerprint density at radius 1 is 0.356 bits per heavy atom. The zero-order valence-corrected chi connectivity index (χ0v) is 32.1. The molecule has 0 saturated heterocycles. The highest BCUT2D eigenvalue weighted by atomic mass is 16.3. The van der Waals surface area contributed by atoms with Gasteiger partial charge in [-0.15, -0.1) is 0 Å². The molecule has 59 heavy (non-hydrogen) atoms. The van der Waals surface area contributed by atoms with E-state index < -0.39 is 5.41 Å². The molecule has 1 spiro atoms. The third-order valence-electron chi connectivity index (χ3n) is 13.1. The topological polar surface area (TPSA) is 16.4 Å². The Morgan fingerprint density at radius 2 is 0.966 bits per heavy atom. The van der Waals surface area contributed by atoms with Crippen molar-refractivity contribution >= 4 is 60.5 Å². The Labute approximate surface area is 341 Å². The Hall–Kier alpha value is -7.68. The van der Waals surface area contributed by atoms with E-state index in [-0.39, 0.29) is 0 Å². The zero-order valence-electron chi connectivity index (χ0n) is 32.1. The molecule has 0 aliphatic heterocycles. The molecule has 11 aromatic rings. The molecule has 0 fully saturated rings. The molecule has 0 N–H and O–H groups in total. The largest absolute Gasteiger partial charge is 0.455 e. The standard InChI is InChI=1S/C57H35NO/c1-2-14-36(15-3-1)39-28-30-43-44-31-29-40(58(52-25-12-18-37-16-4-6-20-41(37)52)53-26-13-19-38-17-5-7-21-42(38)53)35-51(44)57(50(43)34-39)48-24-10-8-23-47(48)55-49(57)33-32-46-45-22-9-11-27-54(45)59-56(46)55/h1-35H. The van der Waals surface area contributed by atoms with E-state index in [2.05, 4.69) is 217 Å². The van der Waals surface area contributed by atoms with Crippen LogP contribution in [0.1, 0.15) is 22.3 Å². The summed E-state index contributed by atoms with van der Waals surface area (Å²) in [6.07, 6.45) is 0. The van der Waals surface area contributed by atoms with E-state index in [4.69, 9.17) is 4.42 Å². The third kappa shape index (κ3) is 4.40. The van der Waals surface area contributed by atoms with E-state index >= 15 is 0 Å². The van der Waals surface area contributed by atoms with Crippen molar-refractivity contribution in [3.8, 4) is 33.4 Å². The predicted molar refractivity (Wildman–Crippen MR) is 245 cm³/mol. The van der Waals surface area contributed by atoms with Crippen LogP contribution in [-0.4, -0.2) is 0 Å². The number of rotatable bonds is 4. The van der Waals surface area contributed by atoms with Crippen LogP contribution in [0.2, 0.25) is 0 Å². The Kier molecular flexibility index (Phi) is 6.68. The fourth-order valence-electron chi connectivity index (χ4n) is 10.6. The smallest absolute Gasteiger partial charge is 0.143 e. The Balaban J connectivity index is 1.15. The van der Waals surface area contributed by atoms with E-state index in [0.717, 1.165) is 39.0 Å². The second-order valence-electron chi connectivity index (χ2n) is 15.9. The number of benzene rings is 10. The van der Waals surface area contributed by atoms with Gasteiger partial charge in [0.2, 0.25) is 0 Å². The van der Waals surface area contributed by atoms with Crippen LogP contribution in [0.3, 0.4) is 0 Å².